The predicted molar refractivity (Wildman–Crippen MR) is 114 cm³/mol. The van der Waals surface area contributed by atoms with E-state index in [2.05, 4.69) is 71.4 Å². The van der Waals surface area contributed by atoms with E-state index in [9.17, 15) is 0 Å². The topological polar surface area (TPSA) is 25.4 Å². The standard InChI is InChI=1S/C25H21N2O.Ir/c1-19-9-11-21(12-10-19)27(22-13-15-24(28-2)16-14-22)23-7-5-6-20(18-23)25-8-3-4-17-26-25;/h3-5,7-18H,1-2H3;/q-1;. The third-order valence-electron chi connectivity index (χ3n) is 4.61. The molecule has 0 atom stereocenters. The minimum absolute atomic E-state index is 0. The van der Waals surface area contributed by atoms with Gasteiger partial charge in [-0.3, -0.25) is 0 Å². The van der Waals surface area contributed by atoms with Gasteiger partial charge in [0.1, 0.15) is 5.75 Å². The molecule has 0 unspecified atom stereocenters. The Labute approximate surface area is 185 Å². The van der Waals surface area contributed by atoms with E-state index in [1.54, 1.807) is 13.3 Å². The average molecular weight is 558 g/mol. The number of rotatable bonds is 5. The minimum atomic E-state index is 0. The molecule has 4 rings (SSSR count). The molecule has 0 aliphatic rings. The van der Waals surface area contributed by atoms with Gasteiger partial charge >= 0.3 is 0 Å². The summed E-state index contributed by atoms with van der Waals surface area (Å²) in [5, 5.41) is 0. The van der Waals surface area contributed by atoms with Crippen LogP contribution in [0.3, 0.4) is 0 Å². The second kappa shape index (κ2) is 9.51. The zero-order valence-corrected chi connectivity index (χ0v) is 18.7. The minimum Gasteiger partial charge on any atom is -0.497 e. The molecule has 147 valence electrons. The summed E-state index contributed by atoms with van der Waals surface area (Å²) in [4.78, 5) is 6.68. The Kier molecular flexibility index (Phi) is 6.81. The first-order valence-electron chi connectivity index (χ1n) is 9.18. The summed E-state index contributed by atoms with van der Waals surface area (Å²) in [6.45, 7) is 2.10. The molecule has 0 bridgehead atoms. The zero-order valence-electron chi connectivity index (χ0n) is 16.3. The second-order valence-electron chi connectivity index (χ2n) is 6.54. The number of ether oxygens (including phenoxy) is 1. The van der Waals surface area contributed by atoms with Gasteiger partial charge < -0.3 is 14.6 Å². The van der Waals surface area contributed by atoms with Crippen LogP contribution in [0, 0.1) is 13.0 Å². The third kappa shape index (κ3) is 4.73. The van der Waals surface area contributed by atoms with Crippen LogP contribution in [-0.2, 0) is 20.1 Å². The van der Waals surface area contributed by atoms with Crippen LogP contribution in [0.5, 0.6) is 5.75 Å². The fraction of sp³-hybridized carbons (Fsp3) is 0.0800. The van der Waals surface area contributed by atoms with Crippen LogP contribution in [0.1, 0.15) is 5.56 Å². The van der Waals surface area contributed by atoms with Crippen LogP contribution < -0.4 is 9.64 Å². The van der Waals surface area contributed by atoms with Crippen LogP contribution >= 0.6 is 0 Å². The Balaban J connectivity index is 0.00000240. The van der Waals surface area contributed by atoms with Crippen molar-refractivity contribution in [1.82, 2.24) is 4.98 Å². The number of aromatic nitrogens is 1. The number of aryl methyl sites for hydroxylation is 1. The first-order chi connectivity index (χ1) is 13.7. The molecule has 0 saturated carbocycles. The molecule has 0 aliphatic heterocycles. The SMILES string of the molecule is COc1ccc(N(c2ccc(C)cc2)c2cc[c-]c(-c3ccccn3)c2)cc1.[Ir]. The first kappa shape index (κ1) is 20.8. The van der Waals surface area contributed by atoms with Crippen LogP contribution in [0.2, 0.25) is 0 Å². The normalized spacial score (nSPS) is 10.1. The summed E-state index contributed by atoms with van der Waals surface area (Å²) in [6.07, 6.45) is 1.80. The predicted octanol–water partition coefficient (Wildman–Crippen LogP) is 6.33. The Hall–Kier alpha value is -2.94. The number of pyridine rings is 1. The Bertz CT molecular complexity index is 1050. The Morgan fingerprint density at radius 2 is 1.52 bits per heavy atom. The maximum atomic E-state index is 5.32. The van der Waals surface area contributed by atoms with Crippen molar-refractivity contribution in [3.05, 3.63) is 103 Å². The number of hydrogen-bond acceptors (Lipinski definition) is 3. The molecule has 1 heterocycles. The van der Waals surface area contributed by atoms with Crippen molar-refractivity contribution in [2.75, 3.05) is 12.0 Å². The van der Waals surface area contributed by atoms with Gasteiger partial charge in [-0.05, 0) is 60.8 Å². The van der Waals surface area contributed by atoms with E-state index in [-0.39, 0.29) is 20.1 Å². The summed E-state index contributed by atoms with van der Waals surface area (Å²) in [7, 11) is 1.68. The molecule has 0 N–H and O–H groups in total. The van der Waals surface area contributed by atoms with E-state index in [1.165, 1.54) is 5.56 Å². The molecule has 1 aromatic heterocycles. The summed E-state index contributed by atoms with van der Waals surface area (Å²) < 4.78 is 5.32. The van der Waals surface area contributed by atoms with Crippen LogP contribution in [0.15, 0.2) is 91.1 Å². The molecule has 4 heteroatoms. The molecule has 1 radical (unpaired) electrons. The van der Waals surface area contributed by atoms with Crippen molar-refractivity contribution in [2.24, 2.45) is 0 Å². The van der Waals surface area contributed by atoms with Gasteiger partial charge in [0.15, 0.2) is 0 Å². The molecule has 3 nitrogen and oxygen atoms in total. The molecule has 3 aromatic carbocycles. The van der Waals surface area contributed by atoms with Crippen molar-refractivity contribution in [3.63, 3.8) is 0 Å². The maximum absolute atomic E-state index is 5.32. The van der Waals surface area contributed by atoms with Gasteiger partial charge in [0, 0.05) is 37.7 Å². The molecule has 0 aliphatic carbocycles. The average Bonchev–Trinajstić information content (AvgIpc) is 2.77. The van der Waals surface area contributed by atoms with E-state index in [1.807, 2.05) is 36.4 Å². The number of nitrogens with zero attached hydrogens (tertiary/aromatic N) is 2. The second-order valence-corrected chi connectivity index (χ2v) is 6.54. The summed E-state index contributed by atoms with van der Waals surface area (Å²) in [6, 6.07) is 32.0. The van der Waals surface area contributed by atoms with Gasteiger partial charge in [0.2, 0.25) is 0 Å². The number of anilines is 3. The summed E-state index contributed by atoms with van der Waals surface area (Å²) in [5.74, 6) is 0.836. The van der Waals surface area contributed by atoms with E-state index in [0.29, 0.717) is 0 Å². The first-order valence-corrected chi connectivity index (χ1v) is 9.18. The molecule has 0 amide bonds. The molecule has 0 spiro atoms. The summed E-state index contributed by atoms with van der Waals surface area (Å²) in [5.41, 5.74) is 6.30. The van der Waals surface area contributed by atoms with Gasteiger partial charge in [-0.15, -0.1) is 29.8 Å². The fourth-order valence-corrected chi connectivity index (χ4v) is 3.14. The number of hydrogen-bond donors (Lipinski definition) is 0. The smallest absolute Gasteiger partial charge is 0.119 e. The molecular weight excluding hydrogens is 537 g/mol. The number of methoxy groups -OCH3 is 1. The van der Waals surface area contributed by atoms with Gasteiger partial charge in [0.25, 0.3) is 0 Å². The number of benzene rings is 3. The van der Waals surface area contributed by atoms with Crippen LogP contribution in [0.25, 0.3) is 11.3 Å². The quantitative estimate of drug-likeness (QED) is 0.268. The van der Waals surface area contributed by atoms with Gasteiger partial charge in [-0.25, -0.2) is 0 Å². The Morgan fingerprint density at radius 3 is 2.14 bits per heavy atom. The van der Waals surface area contributed by atoms with Crippen molar-refractivity contribution in [3.8, 4) is 17.0 Å². The fourth-order valence-electron chi connectivity index (χ4n) is 3.14. The van der Waals surface area contributed by atoms with E-state index >= 15 is 0 Å². The maximum Gasteiger partial charge on any atom is 0.119 e. The van der Waals surface area contributed by atoms with E-state index < -0.39 is 0 Å². The molecule has 4 aromatic rings. The van der Waals surface area contributed by atoms with E-state index in [4.69, 9.17) is 4.74 Å². The van der Waals surface area contributed by atoms with Crippen molar-refractivity contribution >= 4 is 17.1 Å². The van der Waals surface area contributed by atoms with Crippen molar-refractivity contribution < 1.29 is 24.8 Å². The molecule has 0 saturated heterocycles. The monoisotopic (exact) mass is 558 g/mol. The Morgan fingerprint density at radius 1 is 0.828 bits per heavy atom. The van der Waals surface area contributed by atoms with Crippen LogP contribution in [0.4, 0.5) is 17.1 Å². The van der Waals surface area contributed by atoms with Gasteiger partial charge in [0.05, 0.1) is 7.11 Å². The largest absolute Gasteiger partial charge is 0.497 e. The third-order valence-corrected chi connectivity index (χ3v) is 4.61. The van der Waals surface area contributed by atoms with Gasteiger partial charge in [-0.1, -0.05) is 29.8 Å². The molecule has 0 fully saturated rings. The molecule has 29 heavy (non-hydrogen) atoms. The van der Waals surface area contributed by atoms with Crippen molar-refractivity contribution in [2.45, 2.75) is 6.92 Å². The zero-order chi connectivity index (χ0) is 19.3. The van der Waals surface area contributed by atoms with E-state index in [0.717, 1.165) is 34.1 Å². The molecular formula is C25H21IrN2O-. The van der Waals surface area contributed by atoms with Crippen molar-refractivity contribution in [1.29, 1.82) is 0 Å². The van der Waals surface area contributed by atoms with Gasteiger partial charge in [-0.2, -0.15) is 0 Å². The summed E-state index contributed by atoms with van der Waals surface area (Å²) >= 11 is 0. The van der Waals surface area contributed by atoms with Crippen LogP contribution in [-0.4, -0.2) is 12.1 Å².